The average Bonchev–Trinajstić information content (AvgIpc) is 3.84. The Hall–Kier alpha value is -4.30. The highest BCUT2D eigenvalue weighted by molar-refractivity contribution is 5.90. The molecule has 3 aromatic carbocycles. The number of benzene rings is 3. The number of halogens is 3. The summed E-state index contributed by atoms with van der Waals surface area (Å²) in [6.45, 7) is 8.82. The van der Waals surface area contributed by atoms with Crippen LogP contribution in [0.5, 0.6) is 0 Å². The molecule has 13 heteroatoms. The van der Waals surface area contributed by atoms with E-state index >= 15 is 0 Å². The van der Waals surface area contributed by atoms with Crippen LogP contribution in [0, 0.1) is 5.92 Å². The van der Waals surface area contributed by atoms with Gasteiger partial charge >= 0.3 is 18.1 Å². The SMILES string of the molecule is CC1C(CN2CCCC2C(=O)OC(C)(C)C)OC(c2ccc(-c3ccccc3CNC(=O)C3CCCN3C(=O)C(F)(F)F)cc2)OC1c1ccc(CO)cc1. The molecule has 2 N–H and O–H groups in total. The zero-order valence-corrected chi connectivity index (χ0v) is 31.7. The number of aliphatic hydroxyl groups is 1. The van der Waals surface area contributed by atoms with E-state index in [1.807, 2.05) is 93.6 Å². The number of aliphatic hydroxyl groups excluding tert-OH is 1. The Kier molecular flexibility index (Phi) is 12.3. The van der Waals surface area contributed by atoms with Gasteiger partial charge in [0.15, 0.2) is 6.29 Å². The monoisotopic (exact) mass is 765 g/mol. The van der Waals surface area contributed by atoms with E-state index in [9.17, 15) is 32.7 Å². The predicted molar refractivity (Wildman–Crippen MR) is 198 cm³/mol. The van der Waals surface area contributed by atoms with Crippen LogP contribution in [0.1, 0.15) is 88.0 Å². The van der Waals surface area contributed by atoms with Gasteiger partial charge in [0.1, 0.15) is 17.7 Å². The highest BCUT2D eigenvalue weighted by Crippen LogP contribution is 2.43. The minimum absolute atomic E-state index is 0.0628. The minimum atomic E-state index is -5.04. The first-order valence-electron chi connectivity index (χ1n) is 18.9. The molecule has 0 bridgehead atoms. The van der Waals surface area contributed by atoms with Gasteiger partial charge in [-0.25, -0.2) is 0 Å². The molecule has 3 fully saturated rings. The smallest absolute Gasteiger partial charge is 0.459 e. The number of nitrogens with zero attached hydrogens (tertiary/aromatic N) is 2. The number of hydrogen-bond donors (Lipinski definition) is 2. The second kappa shape index (κ2) is 16.8. The van der Waals surface area contributed by atoms with Crippen molar-refractivity contribution in [3.05, 3.63) is 95.1 Å². The quantitative estimate of drug-likeness (QED) is 0.222. The number of nitrogens with one attached hydrogen (secondary N) is 1. The van der Waals surface area contributed by atoms with Crippen LogP contribution in [0.25, 0.3) is 11.1 Å². The van der Waals surface area contributed by atoms with Crippen molar-refractivity contribution < 1.29 is 46.9 Å². The molecule has 0 aromatic heterocycles. The molecule has 3 aliphatic rings. The molecule has 6 atom stereocenters. The first-order chi connectivity index (χ1) is 26.1. The van der Waals surface area contributed by atoms with E-state index < -0.39 is 35.9 Å². The second-order valence-electron chi connectivity index (χ2n) is 15.7. The Bertz CT molecular complexity index is 1810. The number of rotatable bonds is 10. The van der Waals surface area contributed by atoms with Crippen molar-refractivity contribution in [3.8, 4) is 11.1 Å². The molecule has 2 amide bonds. The molecule has 3 saturated heterocycles. The topological polar surface area (TPSA) is 118 Å². The maximum absolute atomic E-state index is 13.2. The van der Waals surface area contributed by atoms with Crippen LogP contribution in [0.4, 0.5) is 13.2 Å². The third-order valence-corrected chi connectivity index (χ3v) is 10.6. The highest BCUT2D eigenvalue weighted by Gasteiger charge is 2.48. The molecule has 3 aromatic rings. The number of esters is 1. The molecular weight excluding hydrogens is 715 g/mol. The number of amides is 2. The fourth-order valence-electron chi connectivity index (χ4n) is 7.76. The lowest BCUT2D eigenvalue weighted by molar-refractivity contribution is -0.276. The van der Waals surface area contributed by atoms with Gasteiger partial charge in [-0.1, -0.05) is 79.7 Å². The molecule has 0 radical (unpaired) electrons. The summed E-state index contributed by atoms with van der Waals surface area (Å²) in [6.07, 6.45) is -4.34. The number of likely N-dealkylation sites (tertiary alicyclic amines) is 2. The van der Waals surface area contributed by atoms with E-state index in [2.05, 4.69) is 17.1 Å². The molecule has 55 heavy (non-hydrogen) atoms. The van der Waals surface area contributed by atoms with Crippen molar-refractivity contribution >= 4 is 17.8 Å². The van der Waals surface area contributed by atoms with Crippen LogP contribution >= 0.6 is 0 Å². The summed E-state index contributed by atoms with van der Waals surface area (Å²) in [6, 6.07) is 21.3. The Balaban J connectivity index is 1.19. The lowest BCUT2D eigenvalue weighted by atomic mass is 9.89. The van der Waals surface area contributed by atoms with Gasteiger partial charge in [0.2, 0.25) is 5.91 Å². The largest absolute Gasteiger partial charge is 0.471 e. The molecule has 6 unspecified atom stereocenters. The van der Waals surface area contributed by atoms with E-state index in [0.717, 1.165) is 46.3 Å². The average molecular weight is 766 g/mol. The Morgan fingerprint density at radius 1 is 0.873 bits per heavy atom. The van der Waals surface area contributed by atoms with Crippen LogP contribution in [0.2, 0.25) is 0 Å². The molecule has 6 rings (SSSR count). The van der Waals surface area contributed by atoms with Crippen LogP contribution in [0.3, 0.4) is 0 Å². The fraction of sp³-hybridized carbons (Fsp3) is 0.500. The highest BCUT2D eigenvalue weighted by atomic mass is 19.4. The van der Waals surface area contributed by atoms with Crippen LogP contribution in [-0.2, 0) is 41.7 Å². The molecule has 296 valence electrons. The molecule has 0 aliphatic carbocycles. The Morgan fingerprint density at radius 2 is 1.53 bits per heavy atom. The van der Waals surface area contributed by atoms with Crippen molar-refractivity contribution in [2.45, 2.75) is 109 Å². The van der Waals surface area contributed by atoms with Gasteiger partial charge in [-0.15, -0.1) is 0 Å². The lowest BCUT2D eigenvalue weighted by Crippen LogP contribution is -2.50. The standard InChI is InChI=1S/C42H50F3N3O7/c1-26-35(24-47-21-7-12-34(47)38(51)55-41(2,3)4)53-39(54-36(26)29-15-13-27(25-49)14-16-29)30-19-17-28(18-20-30)32-10-6-5-9-31(32)23-46-37(50)33-11-8-22-48(33)40(52)42(43,44)45/h5-6,9-10,13-20,26,33-36,39,49H,7-8,11-12,21-25H2,1-4H3,(H,46,50). The van der Waals surface area contributed by atoms with E-state index in [0.29, 0.717) is 24.3 Å². The summed E-state index contributed by atoms with van der Waals surface area (Å²) in [5.74, 6) is -2.93. The normalized spacial score (nSPS) is 24.8. The zero-order chi connectivity index (χ0) is 39.5. The summed E-state index contributed by atoms with van der Waals surface area (Å²) in [5.41, 5.74) is 4.35. The van der Waals surface area contributed by atoms with Crippen LogP contribution < -0.4 is 5.32 Å². The lowest BCUT2D eigenvalue weighted by Gasteiger charge is -2.43. The van der Waals surface area contributed by atoms with Crippen molar-refractivity contribution in [1.82, 2.24) is 15.1 Å². The summed E-state index contributed by atoms with van der Waals surface area (Å²) in [7, 11) is 0. The van der Waals surface area contributed by atoms with Crippen molar-refractivity contribution in [3.63, 3.8) is 0 Å². The number of alkyl halides is 3. The molecule has 3 aliphatic heterocycles. The summed E-state index contributed by atoms with van der Waals surface area (Å²) < 4.78 is 58.5. The third-order valence-electron chi connectivity index (χ3n) is 10.6. The first-order valence-corrected chi connectivity index (χ1v) is 18.9. The van der Waals surface area contributed by atoms with Crippen molar-refractivity contribution in [1.29, 1.82) is 0 Å². The van der Waals surface area contributed by atoms with Crippen molar-refractivity contribution in [2.75, 3.05) is 19.6 Å². The summed E-state index contributed by atoms with van der Waals surface area (Å²) in [4.78, 5) is 40.9. The van der Waals surface area contributed by atoms with Crippen molar-refractivity contribution in [2.24, 2.45) is 5.92 Å². The second-order valence-corrected chi connectivity index (χ2v) is 15.7. The number of carbonyl (C=O) groups is 3. The summed E-state index contributed by atoms with van der Waals surface area (Å²) >= 11 is 0. The van der Waals surface area contributed by atoms with Gasteiger partial charge in [0.05, 0.1) is 18.8 Å². The maximum atomic E-state index is 13.2. The minimum Gasteiger partial charge on any atom is -0.459 e. The first kappa shape index (κ1) is 40.4. The van der Waals surface area contributed by atoms with Crippen LogP contribution in [-0.4, -0.2) is 82.3 Å². The van der Waals surface area contributed by atoms with Gasteiger partial charge in [-0.05, 0) is 80.8 Å². The van der Waals surface area contributed by atoms with Gasteiger partial charge in [-0.2, -0.15) is 13.2 Å². The molecule has 0 spiro atoms. The molecular formula is C42H50F3N3O7. The maximum Gasteiger partial charge on any atom is 0.471 e. The zero-order valence-electron chi connectivity index (χ0n) is 31.7. The van der Waals surface area contributed by atoms with Gasteiger partial charge in [0, 0.05) is 31.1 Å². The van der Waals surface area contributed by atoms with Crippen LogP contribution in [0.15, 0.2) is 72.8 Å². The number of carbonyl (C=O) groups excluding carboxylic acids is 3. The van der Waals surface area contributed by atoms with Gasteiger partial charge in [0.25, 0.3) is 0 Å². The van der Waals surface area contributed by atoms with Gasteiger partial charge < -0.3 is 29.5 Å². The Labute approximate surface area is 319 Å². The molecule has 10 nitrogen and oxygen atoms in total. The number of ether oxygens (including phenoxy) is 3. The summed E-state index contributed by atoms with van der Waals surface area (Å²) in [5, 5.41) is 12.4. The van der Waals surface area contributed by atoms with E-state index in [-0.39, 0.29) is 56.3 Å². The predicted octanol–water partition coefficient (Wildman–Crippen LogP) is 6.61. The molecule has 0 saturated carbocycles. The Morgan fingerprint density at radius 3 is 2.20 bits per heavy atom. The fourth-order valence-corrected chi connectivity index (χ4v) is 7.76. The van der Waals surface area contributed by atoms with Gasteiger partial charge in [-0.3, -0.25) is 19.3 Å². The van der Waals surface area contributed by atoms with E-state index in [1.165, 1.54) is 0 Å². The molecule has 3 heterocycles. The third kappa shape index (κ3) is 9.57. The van der Waals surface area contributed by atoms with E-state index in [1.54, 1.807) is 0 Å². The van der Waals surface area contributed by atoms with E-state index in [4.69, 9.17) is 14.2 Å². The number of hydrogen-bond acceptors (Lipinski definition) is 8.